The third-order valence-corrected chi connectivity index (χ3v) is 1.13. The Labute approximate surface area is 55.9 Å². The van der Waals surface area contributed by atoms with E-state index in [1.54, 1.807) is 6.20 Å². The summed E-state index contributed by atoms with van der Waals surface area (Å²) in [6.07, 6.45) is 3.10. The van der Waals surface area contributed by atoms with Gasteiger partial charge in [0.25, 0.3) is 5.71 Å². The van der Waals surface area contributed by atoms with Gasteiger partial charge in [0.2, 0.25) is 5.95 Å². The quantitative estimate of drug-likeness (QED) is 0.559. The van der Waals surface area contributed by atoms with E-state index in [0.717, 1.165) is 5.39 Å². The SMILES string of the molecule is Nc1ncc2cnoc2n1. The Morgan fingerprint density at radius 1 is 1.40 bits per heavy atom. The van der Waals surface area contributed by atoms with E-state index in [4.69, 9.17) is 10.3 Å². The van der Waals surface area contributed by atoms with E-state index in [2.05, 4.69) is 15.1 Å². The average Bonchev–Trinajstić information content (AvgIpc) is 2.33. The van der Waals surface area contributed by atoms with Crippen LogP contribution in [0, 0.1) is 0 Å². The van der Waals surface area contributed by atoms with E-state index in [-0.39, 0.29) is 5.95 Å². The van der Waals surface area contributed by atoms with Gasteiger partial charge in [0.1, 0.15) is 0 Å². The summed E-state index contributed by atoms with van der Waals surface area (Å²) in [7, 11) is 0. The van der Waals surface area contributed by atoms with E-state index in [1.165, 1.54) is 6.20 Å². The molecule has 0 atom stereocenters. The maximum absolute atomic E-state index is 5.27. The molecule has 0 bridgehead atoms. The Bertz CT molecular complexity index is 355. The first-order valence-corrected chi connectivity index (χ1v) is 2.69. The summed E-state index contributed by atoms with van der Waals surface area (Å²) in [5.74, 6) is 0.198. The number of aromatic nitrogens is 3. The Morgan fingerprint density at radius 3 is 3.20 bits per heavy atom. The second kappa shape index (κ2) is 1.66. The zero-order chi connectivity index (χ0) is 6.97. The third kappa shape index (κ3) is 0.604. The summed E-state index contributed by atoms with van der Waals surface area (Å²) in [6, 6.07) is 0. The lowest BCUT2D eigenvalue weighted by Gasteiger charge is -1.85. The topological polar surface area (TPSA) is 77.8 Å². The fourth-order valence-corrected chi connectivity index (χ4v) is 0.683. The van der Waals surface area contributed by atoms with E-state index in [0.29, 0.717) is 5.71 Å². The molecule has 0 aliphatic carbocycles. The number of hydrogen-bond donors (Lipinski definition) is 1. The average molecular weight is 136 g/mol. The number of anilines is 1. The van der Waals surface area contributed by atoms with Crippen LogP contribution in [-0.4, -0.2) is 15.1 Å². The normalized spacial score (nSPS) is 10.4. The van der Waals surface area contributed by atoms with Crippen LogP contribution in [0.15, 0.2) is 16.9 Å². The Morgan fingerprint density at radius 2 is 2.30 bits per heavy atom. The number of nitrogens with zero attached hydrogens (tertiary/aromatic N) is 3. The predicted octanol–water partition coefficient (Wildman–Crippen LogP) is 0.200. The maximum atomic E-state index is 5.27. The van der Waals surface area contributed by atoms with Gasteiger partial charge in [-0.1, -0.05) is 5.16 Å². The zero-order valence-electron chi connectivity index (χ0n) is 4.98. The van der Waals surface area contributed by atoms with Crippen molar-refractivity contribution in [2.45, 2.75) is 0 Å². The molecule has 2 N–H and O–H groups in total. The summed E-state index contributed by atoms with van der Waals surface area (Å²) >= 11 is 0. The molecule has 0 aromatic carbocycles. The molecule has 2 aromatic rings. The van der Waals surface area contributed by atoms with Gasteiger partial charge in [-0.2, -0.15) is 4.98 Å². The molecule has 5 nitrogen and oxygen atoms in total. The fourth-order valence-electron chi connectivity index (χ4n) is 0.683. The smallest absolute Gasteiger partial charge is 0.262 e. The molecule has 50 valence electrons. The van der Waals surface area contributed by atoms with Crippen molar-refractivity contribution >= 4 is 17.0 Å². The van der Waals surface area contributed by atoms with Gasteiger partial charge in [-0.3, -0.25) is 0 Å². The van der Waals surface area contributed by atoms with Crippen molar-refractivity contribution < 1.29 is 4.52 Å². The number of fused-ring (bicyclic) bond motifs is 1. The first-order chi connectivity index (χ1) is 4.86. The number of rotatable bonds is 0. The molecule has 0 saturated heterocycles. The second-order valence-corrected chi connectivity index (χ2v) is 1.81. The molecule has 0 spiro atoms. The van der Waals surface area contributed by atoms with Gasteiger partial charge in [-0.05, 0) is 0 Å². The summed E-state index contributed by atoms with van der Waals surface area (Å²) < 4.78 is 4.72. The highest BCUT2D eigenvalue weighted by Crippen LogP contribution is 2.08. The molecule has 0 unspecified atom stereocenters. The van der Waals surface area contributed by atoms with Crippen LogP contribution in [0.1, 0.15) is 0 Å². The van der Waals surface area contributed by atoms with Crippen molar-refractivity contribution in [3.63, 3.8) is 0 Å². The number of hydrogen-bond acceptors (Lipinski definition) is 5. The van der Waals surface area contributed by atoms with Gasteiger partial charge in [0.05, 0.1) is 11.6 Å². The zero-order valence-corrected chi connectivity index (χ0v) is 4.98. The van der Waals surface area contributed by atoms with E-state index in [1.807, 2.05) is 0 Å². The van der Waals surface area contributed by atoms with Gasteiger partial charge in [0.15, 0.2) is 0 Å². The van der Waals surface area contributed by atoms with Gasteiger partial charge in [-0.25, -0.2) is 4.98 Å². The van der Waals surface area contributed by atoms with Crippen molar-refractivity contribution in [1.29, 1.82) is 0 Å². The Balaban J connectivity index is 2.86. The van der Waals surface area contributed by atoms with Gasteiger partial charge in [-0.15, -0.1) is 0 Å². The van der Waals surface area contributed by atoms with Crippen LogP contribution in [0.2, 0.25) is 0 Å². The molecule has 10 heavy (non-hydrogen) atoms. The van der Waals surface area contributed by atoms with Crippen molar-refractivity contribution in [1.82, 2.24) is 15.1 Å². The first kappa shape index (κ1) is 5.16. The lowest BCUT2D eigenvalue weighted by Crippen LogP contribution is -1.91. The largest absolute Gasteiger partial charge is 0.368 e. The van der Waals surface area contributed by atoms with Crippen molar-refractivity contribution in [2.24, 2.45) is 0 Å². The molecular formula is C5H4N4O. The molecule has 0 aliphatic rings. The lowest BCUT2D eigenvalue weighted by atomic mass is 10.5. The highest BCUT2D eigenvalue weighted by molar-refractivity contribution is 5.71. The van der Waals surface area contributed by atoms with Crippen LogP contribution in [0.4, 0.5) is 5.95 Å². The maximum Gasteiger partial charge on any atom is 0.262 e. The van der Waals surface area contributed by atoms with Gasteiger partial charge >= 0.3 is 0 Å². The highest BCUT2D eigenvalue weighted by atomic mass is 16.5. The molecule has 0 fully saturated rings. The predicted molar refractivity (Wildman–Crippen MR) is 34.0 cm³/mol. The summed E-state index contributed by atoms with van der Waals surface area (Å²) in [5, 5.41) is 4.27. The molecule has 0 saturated carbocycles. The summed E-state index contributed by atoms with van der Waals surface area (Å²) in [4.78, 5) is 7.52. The number of nitrogens with two attached hydrogens (primary N) is 1. The van der Waals surface area contributed by atoms with Crippen LogP contribution in [0.5, 0.6) is 0 Å². The van der Waals surface area contributed by atoms with Crippen molar-refractivity contribution in [3.05, 3.63) is 12.4 Å². The van der Waals surface area contributed by atoms with Crippen LogP contribution in [-0.2, 0) is 0 Å². The van der Waals surface area contributed by atoms with E-state index in [9.17, 15) is 0 Å². The van der Waals surface area contributed by atoms with Crippen molar-refractivity contribution in [3.8, 4) is 0 Å². The molecule has 2 aromatic heterocycles. The Kier molecular flexibility index (Phi) is 0.858. The molecule has 0 radical (unpaired) electrons. The molecular weight excluding hydrogens is 132 g/mol. The summed E-state index contributed by atoms with van der Waals surface area (Å²) in [6.45, 7) is 0. The Hall–Kier alpha value is -1.65. The standard InChI is InChI=1S/C5H4N4O/c6-5-7-1-3-2-8-10-4(3)9-5/h1-2H,(H2,6,7,9). The minimum atomic E-state index is 0.198. The van der Waals surface area contributed by atoms with Gasteiger partial charge in [0, 0.05) is 6.20 Å². The minimum Gasteiger partial charge on any atom is -0.368 e. The fraction of sp³-hybridized carbons (Fsp3) is 0. The summed E-state index contributed by atoms with van der Waals surface area (Å²) in [5.41, 5.74) is 5.70. The van der Waals surface area contributed by atoms with Gasteiger partial charge < -0.3 is 10.3 Å². The lowest BCUT2D eigenvalue weighted by molar-refractivity contribution is 0.449. The second-order valence-electron chi connectivity index (χ2n) is 1.81. The van der Waals surface area contributed by atoms with Crippen molar-refractivity contribution in [2.75, 3.05) is 5.73 Å². The molecule has 2 rings (SSSR count). The number of nitrogen functional groups attached to an aromatic ring is 1. The molecule has 0 aliphatic heterocycles. The van der Waals surface area contributed by atoms with Crippen LogP contribution < -0.4 is 5.73 Å². The van der Waals surface area contributed by atoms with Crippen LogP contribution in [0.3, 0.4) is 0 Å². The highest BCUT2D eigenvalue weighted by Gasteiger charge is 1.98. The van der Waals surface area contributed by atoms with E-state index >= 15 is 0 Å². The molecule has 2 heterocycles. The van der Waals surface area contributed by atoms with E-state index < -0.39 is 0 Å². The molecule has 5 heteroatoms. The minimum absolute atomic E-state index is 0.198. The monoisotopic (exact) mass is 136 g/mol. The third-order valence-electron chi connectivity index (χ3n) is 1.13. The molecule has 0 amide bonds. The van der Waals surface area contributed by atoms with Crippen LogP contribution in [0.25, 0.3) is 11.1 Å². The first-order valence-electron chi connectivity index (χ1n) is 2.69. The van der Waals surface area contributed by atoms with Crippen LogP contribution >= 0.6 is 0 Å².